The zero-order valence-electron chi connectivity index (χ0n) is 18.2. The summed E-state index contributed by atoms with van der Waals surface area (Å²) in [6, 6.07) is 9.94. The van der Waals surface area contributed by atoms with Gasteiger partial charge in [0.05, 0.1) is 19.5 Å². The molecule has 0 bridgehead atoms. The maximum atomic E-state index is 12.6. The number of hydrogen-bond acceptors (Lipinski definition) is 7. The van der Waals surface area contributed by atoms with Crippen molar-refractivity contribution >= 4 is 29.1 Å². The maximum absolute atomic E-state index is 12.6. The van der Waals surface area contributed by atoms with Crippen LogP contribution in [0.1, 0.15) is 28.2 Å². The van der Waals surface area contributed by atoms with Crippen LogP contribution in [0.3, 0.4) is 0 Å². The maximum Gasteiger partial charge on any atom is 0.291 e. The Morgan fingerprint density at radius 2 is 1.79 bits per heavy atom. The summed E-state index contributed by atoms with van der Waals surface area (Å²) in [6.07, 6.45) is 1.84. The third-order valence-electron chi connectivity index (χ3n) is 5.29. The Morgan fingerprint density at radius 1 is 1.09 bits per heavy atom. The van der Waals surface area contributed by atoms with Crippen molar-refractivity contribution < 1.29 is 18.7 Å². The SMILES string of the molecule is Cc1nc(N2CCOCC2)[nH]c(=O)c1CCC(=O)Nc1ccc(NC(=O)c2ccco2)cc1. The van der Waals surface area contributed by atoms with Crippen LogP contribution in [0, 0.1) is 6.92 Å². The number of amides is 2. The van der Waals surface area contributed by atoms with Crippen LogP contribution in [0.15, 0.2) is 51.9 Å². The molecule has 1 aliphatic heterocycles. The van der Waals surface area contributed by atoms with Crippen LogP contribution in [-0.4, -0.2) is 48.1 Å². The van der Waals surface area contributed by atoms with Gasteiger partial charge in [-0.2, -0.15) is 0 Å². The van der Waals surface area contributed by atoms with Crippen LogP contribution in [0.2, 0.25) is 0 Å². The fourth-order valence-electron chi connectivity index (χ4n) is 3.51. The number of hydrogen-bond donors (Lipinski definition) is 3. The van der Waals surface area contributed by atoms with E-state index in [0.29, 0.717) is 54.9 Å². The Morgan fingerprint density at radius 3 is 2.42 bits per heavy atom. The molecule has 3 heterocycles. The highest BCUT2D eigenvalue weighted by Gasteiger charge is 2.17. The van der Waals surface area contributed by atoms with Crippen LogP contribution in [0.25, 0.3) is 0 Å². The topological polar surface area (TPSA) is 130 Å². The molecule has 172 valence electrons. The van der Waals surface area contributed by atoms with E-state index in [9.17, 15) is 14.4 Å². The second kappa shape index (κ2) is 10.1. The van der Waals surface area contributed by atoms with E-state index in [0.717, 1.165) is 0 Å². The normalized spacial score (nSPS) is 13.5. The fourth-order valence-corrected chi connectivity index (χ4v) is 3.51. The molecule has 4 rings (SSSR count). The molecule has 33 heavy (non-hydrogen) atoms. The first kappa shape index (κ1) is 22.3. The van der Waals surface area contributed by atoms with Gasteiger partial charge < -0.3 is 24.7 Å². The Balaban J connectivity index is 1.31. The van der Waals surface area contributed by atoms with Crippen LogP contribution < -0.4 is 21.1 Å². The van der Waals surface area contributed by atoms with Crippen LogP contribution in [0.4, 0.5) is 17.3 Å². The number of morpholine rings is 1. The van der Waals surface area contributed by atoms with Gasteiger partial charge in [-0.3, -0.25) is 19.4 Å². The van der Waals surface area contributed by atoms with Crippen molar-refractivity contribution in [2.24, 2.45) is 0 Å². The van der Waals surface area contributed by atoms with Crippen molar-refractivity contribution in [2.45, 2.75) is 19.8 Å². The Labute approximate surface area is 190 Å². The summed E-state index contributed by atoms with van der Waals surface area (Å²) in [5, 5.41) is 5.51. The van der Waals surface area contributed by atoms with Crippen molar-refractivity contribution in [1.29, 1.82) is 0 Å². The number of rotatable bonds is 7. The zero-order valence-corrected chi connectivity index (χ0v) is 18.2. The van der Waals surface area contributed by atoms with Crippen LogP contribution >= 0.6 is 0 Å². The second-order valence-corrected chi connectivity index (χ2v) is 7.61. The number of benzene rings is 1. The molecule has 2 amide bonds. The van der Waals surface area contributed by atoms with Crippen LogP contribution in [0.5, 0.6) is 0 Å². The second-order valence-electron chi connectivity index (χ2n) is 7.61. The number of ether oxygens (including phenoxy) is 1. The first-order valence-corrected chi connectivity index (χ1v) is 10.7. The molecule has 0 unspecified atom stereocenters. The molecular formula is C23H25N5O5. The minimum Gasteiger partial charge on any atom is -0.459 e. The van der Waals surface area contributed by atoms with E-state index in [2.05, 4.69) is 20.6 Å². The van der Waals surface area contributed by atoms with Gasteiger partial charge in [0.2, 0.25) is 11.9 Å². The predicted octanol–water partition coefficient (Wildman–Crippen LogP) is 2.33. The van der Waals surface area contributed by atoms with Gasteiger partial charge in [0.1, 0.15) is 0 Å². The molecule has 0 spiro atoms. The Bertz CT molecular complexity index is 1160. The van der Waals surface area contributed by atoms with Gasteiger partial charge in [0, 0.05) is 42.1 Å². The molecule has 2 aromatic heterocycles. The van der Waals surface area contributed by atoms with Crippen molar-refractivity contribution in [2.75, 3.05) is 41.8 Å². The predicted molar refractivity (Wildman–Crippen MR) is 123 cm³/mol. The molecule has 0 saturated carbocycles. The quantitative estimate of drug-likeness (QED) is 0.503. The molecule has 0 radical (unpaired) electrons. The summed E-state index contributed by atoms with van der Waals surface area (Å²) in [4.78, 5) is 46.3. The average Bonchev–Trinajstić information content (AvgIpc) is 3.35. The zero-order chi connectivity index (χ0) is 23.2. The number of carbonyl (C=O) groups excluding carboxylic acids is 2. The summed E-state index contributed by atoms with van der Waals surface area (Å²) >= 11 is 0. The number of aromatic nitrogens is 2. The third kappa shape index (κ3) is 5.66. The Hall–Kier alpha value is -3.92. The van der Waals surface area contributed by atoms with E-state index in [4.69, 9.17) is 9.15 Å². The summed E-state index contributed by atoms with van der Waals surface area (Å²) < 4.78 is 10.4. The third-order valence-corrected chi connectivity index (χ3v) is 5.29. The lowest BCUT2D eigenvalue weighted by atomic mass is 10.1. The lowest BCUT2D eigenvalue weighted by Gasteiger charge is -2.27. The molecular weight excluding hydrogens is 426 g/mol. The molecule has 1 aliphatic rings. The number of aromatic amines is 1. The molecule has 0 aliphatic carbocycles. The monoisotopic (exact) mass is 451 g/mol. The number of furan rings is 1. The van der Waals surface area contributed by atoms with E-state index in [1.807, 2.05) is 4.90 Å². The summed E-state index contributed by atoms with van der Waals surface area (Å²) in [5.41, 5.74) is 2.04. The summed E-state index contributed by atoms with van der Waals surface area (Å²) in [6.45, 7) is 4.33. The first-order valence-electron chi connectivity index (χ1n) is 10.7. The fraction of sp³-hybridized carbons (Fsp3) is 0.304. The highest BCUT2D eigenvalue weighted by molar-refractivity contribution is 6.02. The average molecular weight is 451 g/mol. The number of carbonyl (C=O) groups is 2. The van der Waals surface area contributed by atoms with Gasteiger partial charge in [-0.05, 0) is 49.7 Å². The molecule has 10 heteroatoms. The lowest BCUT2D eigenvalue weighted by molar-refractivity contribution is -0.116. The minimum atomic E-state index is -0.356. The molecule has 3 N–H and O–H groups in total. The van der Waals surface area contributed by atoms with Gasteiger partial charge in [0.15, 0.2) is 5.76 Å². The number of nitrogens with one attached hydrogen (secondary N) is 3. The van der Waals surface area contributed by atoms with E-state index in [1.54, 1.807) is 43.3 Å². The lowest BCUT2D eigenvalue weighted by Crippen LogP contribution is -2.38. The van der Waals surface area contributed by atoms with Gasteiger partial charge in [-0.15, -0.1) is 0 Å². The molecule has 1 fully saturated rings. The standard InChI is InChI=1S/C23H25N5O5/c1-15-18(21(30)27-23(24-15)28-10-13-32-14-11-28)8-9-20(29)25-16-4-6-17(7-5-16)26-22(31)19-3-2-12-33-19/h2-7,12H,8-11,13-14H2,1H3,(H,25,29)(H,26,31)(H,24,27,30). The first-order chi connectivity index (χ1) is 16.0. The molecule has 1 saturated heterocycles. The Kier molecular flexibility index (Phi) is 6.84. The number of anilines is 3. The van der Waals surface area contributed by atoms with Crippen molar-refractivity contribution in [3.05, 3.63) is 70.0 Å². The van der Waals surface area contributed by atoms with Gasteiger partial charge in [-0.25, -0.2) is 4.98 Å². The molecule has 0 atom stereocenters. The number of H-pyrrole nitrogens is 1. The highest BCUT2D eigenvalue weighted by Crippen LogP contribution is 2.16. The van der Waals surface area contributed by atoms with Crippen LogP contribution in [-0.2, 0) is 16.0 Å². The molecule has 3 aromatic rings. The summed E-state index contributed by atoms with van der Waals surface area (Å²) in [7, 11) is 0. The van der Waals surface area contributed by atoms with Gasteiger partial charge >= 0.3 is 0 Å². The van der Waals surface area contributed by atoms with E-state index < -0.39 is 0 Å². The smallest absolute Gasteiger partial charge is 0.291 e. The van der Waals surface area contributed by atoms with E-state index >= 15 is 0 Å². The van der Waals surface area contributed by atoms with Gasteiger partial charge in [0.25, 0.3) is 11.5 Å². The minimum absolute atomic E-state index is 0.138. The van der Waals surface area contributed by atoms with Crippen molar-refractivity contribution in [3.63, 3.8) is 0 Å². The summed E-state index contributed by atoms with van der Waals surface area (Å²) in [5.74, 6) is 0.169. The largest absolute Gasteiger partial charge is 0.459 e. The number of nitrogens with zero attached hydrogens (tertiary/aromatic N) is 2. The number of aryl methyl sites for hydroxylation is 1. The van der Waals surface area contributed by atoms with E-state index in [-0.39, 0.29) is 36.0 Å². The molecule has 1 aromatic carbocycles. The van der Waals surface area contributed by atoms with Crippen molar-refractivity contribution in [1.82, 2.24) is 9.97 Å². The van der Waals surface area contributed by atoms with Gasteiger partial charge in [-0.1, -0.05) is 0 Å². The van der Waals surface area contributed by atoms with Crippen molar-refractivity contribution in [3.8, 4) is 0 Å². The molecule has 10 nitrogen and oxygen atoms in total. The highest BCUT2D eigenvalue weighted by atomic mass is 16.5. The van der Waals surface area contributed by atoms with E-state index in [1.165, 1.54) is 6.26 Å².